The number of phenolic OH excluding ortho intramolecular Hbond substituents is 1. The first kappa shape index (κ1) is 10.1. The van der Waals surface area contributed by atoms with Crippen LogP contribution >= 0.6 is 0 Å². The molecule has 1 aromatic heterocycles. The molecule has 0 spiro atoms. The smallest absolute Gasteiger partial charge is 0.198 e. The largest absolute Gasteiger partial charge is 0.508 e. The summed E-state index contributed by atoms with van der Waals surface area (Å²) in [5.74, 6) is 0.845. The number of fused-ring (bicyclic) bond motifs is 1. The first-order valence-electron chi connectivity index (χ1n) is 5.68. The third-order valence-corrected chi connectivity index (χ3v) is 3.16. The Morgan fingerprint density at radius 1 is 1.12 bits per heavy atom. The van der Waals surface area contributed by atoms with Crippen molar-refractivity contribution in [2.24, 2.45) is 0 Å². The van der Waals surface area contributed by atoms with Crippen LogP contribution in [0.15, 0.2) is 34.9 Å². The van der Waals surface area contributed by atoms with Crippen LogP contribution in [0, 0.1) is 0 Å². The van der Waals surface area contributed by atoms with Gasteiger partial charge in [-0.2, -0.15) is 0 Å². The summed E-state index contributed by atoms with van der Waals surface area (Å²) in [6.45, 7) is 0. The predicted molar refractivity (Wildman–Crippen MR) is 63.1 cm³/mol. The average Bonchev–Trinajstić information content (AvgIpc) is 2.75. The quantitative estimate of drug-likeness (QED) is 0.815. The Bertz CT molecular complexity index is 564. The summed E-state index contributed by atoms with van der Waals surface area (Å²) < 4.78 is 5.37. The zero-order valence-corrected chi connectivity index (χ0v) is 9.27. The number of carbonyl (C=O) groups excluding carboxylic acids is 1. The highest BCUT2D eigenvalue weighted by molar-refractivity contribution is 5.97. The van der Waals surface area contributed by atoms with Crippen molar-refractivity contribution in [3.8, 4) is 16.9 Å². The topological polar surface area (TPSA) is 50.4 Å². The number of furan rings is 1. The molecule has 0 amide bonds. The van der Waals surface area contributed by atoms with Gasteiger partial charge in [0.1, 0.15) is 5.75 Å². The molecule has 0 aliphatic heterocycles. The molecule has 0 saturated heterocycles. The normalized spacial score (nSPS) is 14.7. The van der Waals surface area contributed by atoms with Crippen molar-refractivity contribution in [3.63, 3.8) is 0 Å². The van der Waals surface area contributed by atoms with Crippen molar-refractivity contribution >= 4 is 5.78 Å². The van der Waals surface area contributed by atoms with Gasteiger partial charge >= 0.3 is 0 Å². The van der Waals surface area contributed by atoms with Gasteiger partial charge in [-0.15, -0.1) is 0 Å². The van der Waals surface area contributed by atoms with Crippen LogP contribution < -0.4 is 0 Å². The molecule has 1 aromatic carbocycles. The molecule has 1 heterocycles. The molecule has 0 unspecified atom stereocenters. The van der Waals surface area contributed by atoms with Crippen molar-refractivity contribution in [2.75, 3.05) is 0 Å². The van der Waals surface area contributed by atoms with Crippen LogP contribution in [-0.2, 0) is 6.42 Å². The van der Waals surface area contributed by atoms with Gasteiger partial charge < -0.3 is 9.52 Å². The van der Waals surface area contributed by atoms with E-state index in [1.807, 2.05) is 12.1 Å². The van der Waals surface area contributed by atoms with Gasteiger partial charge in [0.05, 0.1) is 6.26 Å². The minimum Gasteiger partial charge on any atom is -0.508 e. The SMILES string of the molecule is O=C1CCCc2c(-c3ccc(O)cc3)coc21. The van der Waals surface area contributed by atoms with Crippen molar-refractivity contribution in [1.82, 2.24) is 0 Å². The molecule has 0 saturated carbocycles. The molecular weight excluding hydrogens is 216 g/mol. The molecule has 2 aromatic rings. The molecule has 0 bridgehead atoms. The lowest BCUT2D eigenvalue weighted by Crippen LogP contribution is -2.08. The molecule has 86 valence electrons. The van der Waals surface area contributed by atoms with Crippen molar-refractivity contribution in [2.45, 2.75) is 19.3 Å². The Morgan fingerprint density at radius 3 is 2.65 bits per heavy atom. The first-order valence-corrected chi connectivity index (χ1v) is 5.68. The molecular formula is C14H12O3. The van der Waals surface area contributed by atoms with Crippen LogP contribution in [0.5, 0.6) is 5.75 Å². The fourth-order valence-electron chi connectivity index (χ4n) is 2.29. The Morgan fingerprint density at radius 2 is 1.88 bits per heavy atom. The first-order chi connectivity index (χ1) is 8.25. The molecule has 3 heteroatoms. The van der Waals surface area contributed by atoms with Crippen molar-refractivity contribution in [1.29, 1.82) is 0 Å². The van der Waals surface area contributed by atoms with E-state index >= 15 is 0 Å². The number of hydrogen-bond acceptors (Lipinski definition) is 3. The lowest BCUT2D eigenvalue weighted by Gasteiger charge is -2.10. The Hall–Kier alpha value is -2.03. The number of hydrogen-bond donors (Lipinski definition) is 1. The second-order valence-electron chi connectivity index (χ2n) is 4.28. The fourth-order valence-corrected chi connectivity index (χ4v) is 2.29. The molecule has 1 aliphatic rings. The Balaban J connectivity index is 2.10. The van der Waals surface area contributed by atoms with Crippen LogP contribution in [0.4, 0.5) is 0 Å². The van der Waals surface area contributed by atoms with Crippen LogP contribution in [0.1, 0.15) is 29.0 Å². The molecule has 17 heavy (non-hydrogen) atoms. The van der Waals surface area contributed by atoms with Crippen LogP contribution in [0.25, 0.3) is 11.1 Å². The van der Waals surface area contributed by atoms with Gasteiger partial charge in [0, 0.05) is 17.5 Å². The summed E-state index contributed by atoms with van der Waals surface area (Å²) in [5, 5.41) is 9.26. The fraction of sp³-hybridized carbons (Fsp3) is 0.214. The van der Waals surface area contributed by atoms with Gasteiger partial charge in [0.25, 0.3) is 0 Å². The highest BCUT2D eigenvalue weighted by atomic mass is 16.3. The van der Waals surface area contributed by atoms with E-state index in [4.69, 9.17) is 4.42 Å². The van der Waals surface area contributed by atoms with E-state index in [9.17, 15) is 9.90 Å². The van der Waals surface area contributed by atoms with Crippen LogP contribution in [0.3, 0.4) is 0 Å². The third-order valence-electron chi connectivity index (χ3n) is 3.16. The lowest BCUT2D eigenvalue weighted by atomic mass is 9.92. The zero-order valence-electron chi connectivity index (χ0n) is 9.27. The second-order valence-corrected chi connectivity index (χ2v) is 4.28. The summed E-state index contributed by atoms with van der Waals surface area (Å²) in [6.07, 6.45) is 3.99. The molecule has 0 radical (unpaired) electrons. The molecule has 1 N–H and O–H groups in total. The average molecular weight is 228 g/mol. The maximum atomic E-state index is 11.7. The Kier molecular flexibility index (Phi) is 2.25. The predicted octanol–water partition coefficient (Wildman–Crippen LogP) is 3.17. The van der Waals surface area contributed by atoms with Crippen molar-refractivity contribution in [3.05, 3.63) is 41.9 Å². The molecule has 1 aliphatic carbocycles. The van der Waals surface area contributed by atoms with E-state index in [1.165, 1.54) is 0 Å². The van der Waals surface area contributed by atoms with Gasteiger partial charge in [-0.25, -0.2) is 0 Å². The van der Waals surface area contributed by atoms with Gasteiger partial charge in [-0.1, -0.05) is 12.1 Å². The number of rotatable bonds is 1. The number of phenols is 1. The summed E-state index contributed by atoms with van der Waals surface area (Å²) in [7, 11) is 0. The van der Waals surface area contributed by atoms with Crippen LogP contribution in [-0.4, -0.2) is 10.9 Å². The van der Waals surface area contributed by atoms with Crippen molar-refractivity contribution < 1.29 is 14.3 Å². The highest BCUT2D eigenvalue weighted by Crippen LogP contribution is 2.33. The van der Waals surface area contributed by atoms with E-state index in [2.05, 4.69) is 0 Å². The number of carbonyl (C=O) groups is 1. The van der Waals surface area contributed by atoms with E-state index in [0.717, 1.165) is 29.5 Å². The van der Waals surface area contributed by atoms with E-state index < -0.39 is 0 Å². The molecule has 0 atom stereocenters. The summed E-state index contributed by atoms with van der Waals surface area (Å²) in [5.41, 5.74) is 2.95. The number of ketones is 1. The molecule has 0 fully saturated rings. The molecule has 3 rings (SSSR count). The third kappa shape index (κ3) is 1.64. The van der Waals surface area contributed by atoms with Gasteiger partial charge in [0.15, 0.2) is 11.5 Å². The van der Waals surface area contributed by atoms with E-state index in [1.54, 1.807) is 18.4 Å². The monoisotopic (exact) mass is 228 g/mol. The maximum absolute atomic E-state index is 11.7. The number of aromatic hydroxyl groups is 1. The van der Waals surface area contributed by atoms with E-state index in [0.29, 0.717) is 12.2 Å². The van der Waals surface area contributed by atoms with Gasteiger partial charge in [-0.05, 0) is 30.5 Å². The zero-order chi connectivity index (χ0) is 11.8. The number of Topliss-reactive ketones (excluding diaryl/α,β-unsaturated/α-hetero) is 1. The Labute approximate surface area is 98.7 Å². The van der Waals surface area contributed by atoms with Gasteiger partial charge in [-0.3, -0.25) is 4.79 Å². The second kappa shape index (κ2) is 3.77. The maximum Gasteiger partial charge on any atom is 0.198 e. The highest BCUT2D eigenvalue weighted by Gasteiger charge is 2.24. The minimum absolute atomic E-state index is 0.0938. The summed E-state index contributed by atoms with van der Waals surface area (Å²) in [4.78, 5) is 11.7. The van der Waals surface area contributed by atoms with E-state index in [-0.39, 0.29) is 11.5 Å². The number of benzene rings is 1. The van der Waals surface area contributed by atoms with Crippen LogP contribution in [0.2, 0.25) is 0 Å². The standard InChI is InChI=1S/C14H12O3/c15-10-6-4-9(5-7-10)12-8-17-14-11(12)2-1-3-13(14)16/h4-8,15H,1-3H2. The summed E-state index contributed by atoms with van der Waals surface area (Å²) in [6, 6.07) is 6.94. The molecule has 3 nitrogen and oxygen atoms in total. The lowest BCUT2D eigenvalue weighted by molar-refractivity contribution is 0.0944. The van der Waals surface area contributed by atoms with Gasteiger partial charge in [0.2, 0.25) is 0 Å². The summed E-state index contributed by atoms with van der Waals surface area (Å²) >= 11 is 0. The minimum atomic E-state index is 0.0938.